The predicted molar refractivity (Wildman–Crippen MR) is 110 cm³/mol. The minimum atomic E-state index is 0.490. The van der Waals surface area contributed by atoms with Gasteiger partial charge >= 0.3 is 0 Å². The number of benzene rings is 3. The Morgan fingerprint density at radius 1 is 0.962 bits per heavy atom. The topological polar surface area (TPSA) is 31.4 Å². The van der Waals surface area contributed by atoms with Crippen LogP contribution in [0.1, 0.15) is 5.56 Å². The Bertz CT molecular complexity index is 1010. The third-order valence-electron chi connectivity index (χ3n) is 4.01. The third kappa shape index (κ3) is 3.59. The minimum Gasteiger partial charge on any atom is -0.493 e. The second-order valence-electron chi connectivity index (χ2n) is 5.77. The van der Waals surface area contributed by atoms with Crippen LogP contribution in [0, 0.1) is 0 Å². The van der Waals surface area contributed by atoms with Crippen molar-refractivity contribution in [3.05, 3.63) is 76.8 Å². The summed E-state index contributed by atoms with van der Waals surface area (Å²) in [5.74, 6) is 1.43. The first-order valence-electron chi connectivity index (χ1n) is 8.14. The number of para-hydroxylation sites is 1. The molecule has 1 aromatic heterocycles. The molecule has 0 radical (unpaired) electrons. The summed E-state index contributed by atoms with van der Waals surface area (Å²) in [4.78, 5) is 4.71. The molecule has 1 heterocycles. The number of ether oxygens (including phenoxy) is 2. The first-order valence-corrected chi connectivity index (χ1v) is 9.75. The van der Waals surface area contributed by atoms with Crippen LogP contribution in [-0.2, 0) is 6.61 Å². The first kappa shape index (κ1) is 17.1. The molecule has 4 rings (SSSR count). The SMILES string of the molecule is COc1cc(-c2nc3ccccc3s2)ccc1OCc1ccc(Br)cc1. The Labute approximate surface area is 164 Å². The largest absolute Gasteiger partial charge is 0.493 e. The maximum atomic E-state index is 5.95. The molecular formula is C21H16BrNO2S. The van der Waals surface area contributed by atoms with E-state index in [-0.39, 0.29) is 0 Å². The lowest BCUT2D eigenvalue weighted by Gasteiger charge is -2.12. The van der Waals surface area contributed by atoms with E-state index in [0.29, 0.717) is 12.4 Å². The van der Waals surface area contributed by atoms with E-state index >= 15 is 0 Å². The van der Waals surface area contributed by atoms with E-state index in [2.05, 4.69) is 22.0 Å². The van der Waals surface area contributed by atoms with Crippen LogP contribution in [0.25, 0.3) is 20.8 Å². The van der Waals surface area contributed by atoms with Gasteiger partial charge < -0.3 is 9.47 Å². The summed E-state index contributed by atoms with van der Waals surface area (Å²) in [6.07, 6.45) is 0. The van der Waals surface area contributed by atoms with Crippen LogP contribution in [0.5, 0.6) is 11.5 Å². The summed E-state index contributed by atoms with van der Waals surface area (Å²) < 4.78 is 13.7. The maximum Gasteiger partial charge on any atom is 0.161 e. The van der Waals surface area contributed by atoms with Crippen molar-refractivity contribution in [3.8, 4) is 22.1 Å². The van der Waals surface area contributed by atoms with Crippen LogP contribution in [0.15, 0.2) is 71.2 Å². The molecule has 130 valence electrons. The van der Waals surface area contributed by atoms with Gasteiger partial charge in [-0.05, 0) is 48.0 Å². The van der Waals surface area contributed by atoms with E-state index in [1.54, 1.807) is 18.4 Å². The molecule has 3 nitrogen and oxygen atoms in total. The smallest absolute Gasteiger partial charge is 0.161 e. The molecule has 0 amide bonds. The number of methoxy groups -OCH3 is 1. The van der Waals surface area contributed by atoms with Crippen molar-refractivity contribution < 1.29 is 9.47 Å². The summed E-state index contributed by atoms with van der Waals surface area (Å²) in [5, 5.41) is 0.976. The van der Waals surface area contributed by atoms with Gasteiger partial charge in [0.15, 0.2) is 11.5 Å². The second kappa shape index (κ2) is 7.48. The fourth-order valence-electron chi connectivity index (χ4n) is 2.66. The summed E-state index contributed by atoms with van der Waals surface area (Å²) in [6, 6.07) is 22.2. The number of aromatic nitrogens is 1. The van der Waals surface area contributed by atoms with E-state index in [0.717, 1.165) is 31.9 Å². The van der Waals surface area contributed by atoms with Gasteiger partial charge in [-0.1, -0.05) is 40.2 Å². The molecular weight excluding hydrogens is 410 g/mol. The molecule has 0 aliphatic rings. The number of nitrogens with zero attached hydrogens (tertiary/aromatic N) is 1. The average molecular weight is 426 g/mol. The summed E-state index contributed by atoms with van der Waals surface area (Å²) >= 11 is 5.12. The zero-order valence-corrected chi connectivity index (χ0v) is 16.5. The quantitative estimate of drug-likeness (QED) is 0.375. The van der Waals surface area contributed by atoms with E-state index in [9.17, 15) is 0 Å². The van der Waals surface area contributed by atoms with Crippen LogP contribution in [0.4, 0.5) is 0 Å². The van der Waals surface area contributed by atoms with Crippen LogP contribution in [0.3, 0.4) is 0 Å². The zero-order chi connectivity index (χ0) is 17.9. The molecule has 4 aromatic rings. The Morgan fingerprint density at radius 3 is 2.54 bits per heavy atom. The average Bonchev–Trinajstić information content (AvgIpc) is 3.11. The van der Waals surface area contributed by atoms with Crippen LogP contribution >= 0.6 is 27.3 Å². The molecule has 0 bridgehead atoms. The normalized spacial score (nSPS) is 10.8. The van der Waals surface area contributed by atoms with Gasteiger partial charge in [0, 0.05) is 10.0 Å². The van der Waals surface area contributed by atoms with Crippen LogP contribution < -0.4 is 9.47 Å². The highest BCUT2D eigenvalue weighted by Gasteiger charge is 2.11. The maximum absolute atomic E-state index is 5.95. The van der Waals surface area contributed by atoms with Gasteiger partial charge in [-0.3, -0.25) is 0 Å². The van der Waals surface area contributed by atoms with Crippen LogP contribution in [-0.4, -0.2) is 12.1 Å². The highest BCUT2D eigenvalue weighted by atomic mass is 79.9. The predicted octanol–water partition coefficient (Wildman–Crippen LogP) is 6.31. The molecule has 0 fully saturated rings. The van der Waals surface area contributed by atoms with E-state index < -0.39 is 0 Å². The highest BCUT2D eigenvalue weighted by Crippen LogP contribution is 2.36. The highest BCUT2D eigenvalue weighted by molar-refractivity contribution is 9.10. The monoisotopic (exact) mass is 425 g/mol. The molecule has 0 aliphatic carbocycles. The fourth-order valence-corrected chi connectivity index (χ4v) is 3.88. The van der Waals surface area contributed by atoms with Gasteiger partial charge in [-0.15, -0.1) is 11.3 Å². The van der Waals surface area contributed by atoms with Gasteiger partial charge in [-0.2, -0.15) is 0 Å². The van der Waals surface area contributed by atoms with Crippen molar-refractivity contribution in [1.82, 2.24) is 4.98 Å². The molecule has 0 N–H and O–H groups in total. The lowest BCUT2D eigenvalue weighted by atomic mass is 10.2. The molecule has 0 saturated carbocycles. The molecule has 0 saturated heterocycles. The number of halogens is 1. The summed E-state index contributed by atoms with van der Waals surface area (Å²) in [7, 11) is 1.66. The molecule has 0 unspecified atom stereocenters. The molecule has 26 heavy (non-hydrogen) atoms. The molecule has 5 heteroatoms. The van der Waals surface area contributed by atoms with Crippen molar-refractivity contribution >= 4 is 37.5 Å². The zero-order valence-electron chi connectivity index (χ0n) is 14.1. The van der Waals surface area contributed by atoms with Crippen LogP contribution in [0.2, 0.25) is 0 Å². The van der Waals surface area contributed by atoms with Crippen molar-refractivity contribution in [2.45, 2.75) is 6.61 Å². The standard InChI is InChI=1S/C21H16BrNO2S/c1-24-19-12-15(21-23-17-4-2-3-5-20(17)26-21)8-11-18(19)25-13-14-6-9-16(22)10-7-14/h2-12H,13H2,1H3. The lowest BCUT2D eigenvalue weighted by molar-refractivity contribution is 0.284. The van der Waals surface area contributed by atoms with Crippen molar-refractivity contribution in [2.24, 2.45) is 0 Å². The van der Waals surface area contributed by atoms with Gasteiger partial charge in [0.25, 0.3) is 0 Å². The van der Waals surface area contributed by atoms with Crippen molar-refractivity contribution in [1.29, 1.82) is 0 Å². The molecule has 0 spiro atoms. The second-order valence-corrected chi connectivity index (χ2v) is 7.71. The third-order valence-corrected chi connectivity index (χ3v) is 5.63. The minimum absolute atomic E-state index is 0.490. The fraction of sp³-hybridized carbons (Fsp3) is 0.0952. The Morgan fingerprint density at radius 2 is 1.77 bits per heavy atom. The Kier molecular flexibility index (Phi) is 4.91. The Balaban J connectivity index is 1.58. The van der Waals surface area contributed by atoms with Gasteiger partial charge in [0.2, 0.25) is 0 Å². The van der Waals surface area contributed by atoms with Crippen molar-refractivity contribution in [3.63, 3.8) is 0 Å². The summed E-state index contributed by atoms with van der Waals surface area (Å²) in [5.41, 5.74) is 3.14. The number of thiazole rings is 1. The first-order chi connectivity index (χ1) is 12.7. The van der Waals surface area contributed by atoms with Gasteiger partial charge in [-0.25, -0.2) is 4.98 Å². The number of hydrogen-bond donors (Lipinski definition) is 0. The summed E-state index contributed by atoms with van der Waals surface area (Å²) in [6.45, 7) is 0.490. The number of rotatable bonds is 5. The van der Waals surface area contributed by atoms with E-state index in [1.165, 1.54) is 4.70 Å². The Hall–Kier alpha value is -2.37. The van der Waals surface area contributed by atoms with E-state index in [1.807, 2.05) is 60.7 Å². The molecule has 0 atom stereocenters. The van der Waals surface area contributed by atoms with E-state index in [4.69, 9.17) is 14.5 Å². The number of fused-ring (bicyclic) bond motifs is 1. The lowest BCUT2D eigenvalue weighted by Crippen LogP contribution is -1.97. The number of hydrogen-bond acceptors (Lipinski definition) is 4. The molecule has 0 aliphatic heterocycles. The molecule has 3 aromatic carbocycles. The van der Waals surface area contributed by atoms with Gasteiger partial charge in [0.05, 0.1) is 17.3 Å². The van der Waals surface area contributed by atoms with Crippen molar-refractivity contribution in [2.75, 3.05) is 7.11 Å². The van der Waals surface area contributed by atoms with Gasteiger partial charge in [0.1, 0.15) is 11.6 Å².